The molecule has 0 fully saturated rings. The fraction of sp³-hybridized carbons (Fsp3) is 0.328. The van der Waals surface area contributed by atoms with Crippen molar-refractivity contribution in [2.24, 2.45) is 0 Å². The Morgan fingerprint density at radius 3 is 2.29 bits per heavy atom. The highest BCUT2D eigenvalue weighted by molar-refractivity contribution is 7.80. The molecule has 0 saturated heterocycles. The van der Waals surface area contributed by atoms with Crippen molar-refractivity contribution in [2.75, 3.05) is 43.9 Å². The number of rotatable bonds is 19. The van der Waals surface area contributed by atoms with E-state index in [-0.39, 0.29) is 42.2 Å². The maximum Gasteiger partial charge on any atom is 0.224 e. The van der Waals surface area contributed by atoms with Crippen molar-refractivity contribution in [3.05, 3.63) is 166 Å². The number of likely N-dealkylation sites (N-methyl/N-ethyl adjacent to an activating group) is 1. The molecule has 11 heteroatoms. The summed E-state index contributed by atoms with van der Waals surface area (Å²) in [5.41, 5.74) is 10.9. The van der Waals surface area contributed by atoms with Crippen LogP contribution in [-0.4, -0.2) is 65.7 Å². The first-order valence-electron chi connectivity index (χ1n) is 24.1. The summed E-state index contributed by atoms with van der Waals surface area (Å²) in [7, 11) is 1.63. The monoisotopic (exact) mass is 962 g/mol. The molecule has 2 aliphatic rings. The second kappa shape index (κ2) is 21.2. The van der Waals surface area contributed by atoms with E-state index in [0.717, 1.165) is 59.4 Å². The van der Waals surface area contributed by atoms with Crippen LogP contribution in [0.3, 0.4) is 0 Å². The third-order valence-electron chi connectivity index (χ3n) is 13.9. The van der Waals surface area contributed by atoms with Crippen molar-refractivity contribution in [1.82, 2.24) is 15.2 Å². The Labute approximate surface area is 417 Å². The fourth-order valence-electron chi connectivity index (χ4n) is 10.3. The number of hydrogen-bond acceptors (Lipinski definition) is 6. The molecule has 69 heavy (non-hydrogen) atoms. The lowest BCUT2D eigenvalue weighted by atomic mass is 9.79. The first kappa shape index (κ1) is 49.2. The van der Waals surface area contributed by atoms with E-state index < -0.39 is 0 Å². The number of carbonyl (C=O) groups excluding carboxylic acids is 2. The van der Waals surface area contributed by atoms with E-state index in [2.05, 4.69) is 157 Å². The van der Waals surface area contributed by atoms with Gasteiger partial charge in [0.25, 0.3) is 0 Å². The predicted octanol–water partition coefficient (Wildman–Crippen LogP) is 11.7. The lowest BCUT2D eigenvalue weighted by Crippen LogP contribution is -2.36. The second-order valence-corrected chi connectivity index (χ2v) is 19.8. The number of aromatic nitrogens is 1. The number of thiol groups is 1. The normalized spacial score (nSPS) is 15.5. The number of carbonyl (C=O) groups is 2. The van der Waals surface area contributed by atoms with Crippen molar-refractivity contribution in [3.63, 3.8) is 0 Å². The molecular formula is C58H65ClN5O4S+. The number of unbranched alkanes of at least 4 members (excludes halogenated alkanes) is 1. The molecule has 358 valence electrons. The first-order valence-corrected chi connectivity index (χ1v) is 25.1. The quantitative estimate of drug-likeness (QED) is 0.0326. The Balaban J connectivity index is 0.881. The Hall–Kier alpha value is -6.23. The molecule has 0 bridgehead atoms. The van der Waals surface area contributed by atoms with E-state index in [4.69, 9.17) is 21.1 Å². The summed E-state index contributed by atoms with van der Waals surface area (Å²) in [6, 6.07) is 32.7. The minimum atomic E-state index is -0.273. The van der Waals surface area contributed by atoms with Gasteiger partial charge in [0.2, 0.25) is 17.5 Å². The number of halogens is 1. The molecule has 6 aromatic rings. The Morgan fingerprint density at radius 2 is 1.55 bits per heavy atom. The van der Waals surface area contributed by atoms with E-state index in [9.17, 15) is 9.59 Å². The summed E-state index contributed by atoms with van der Waals surface area (Å²) in [5.74, 6) is 2.06. The van der Waals surface area contributed by atoms with Gasteiger partial charge in [-0.3, -0.25) is 9.59 Å². The zero-order valence-electron chi connectivity index (χ0n) is 41.0. The number of allylic oxidation sites excluding steroid dienone is 6. The van der Waals surface area contributed by atoms with Gasteiger partial charge in [-0.05, 0) is 128 Å². The number of hydrogen-bond donors (Lipinski definition) is 3. The van der Waals surface area contributed by atoms with Crippen molar-refractivity contribution in [1.29, 1.82) is 0 Å². The van der Waals surface area contributed by atoms with E-state index >= 15 is 0 Å². The molecule has 0 atom stereocenters. The van der Waals surface area contributed by atoms with Crippen molar-refractivity contribution >= 4 is 74.8 Å². The number of ether oxygens (including phenoxy) is 2. The number of nitrogens with zero attached hydrogens (tertiary/aromatic N) is 3. The van der Waals surface area contributed by atoms with Gasteiger partial charge in [-0.15, -0.1) is 0 Å². The van der Waals surface area contributed by atoms with Gasteiger partial charge in [0, 0.05) is 76.7 Å². The standard InChI is InChI=1S/C58H64ClN5O4S/c1-8-62-50-27-20-40(35-54(65)60-30-31-61-55(66)37-46-39(2)64(38-68-43-24-22-42(59)23-25-43)49-29-26-44(67-7)36-47(46)49)34-48(50)57(3,4)52(62)18-10-9-11-19-53-58(5,6)56-45-17-13-12-16-41(45)21-28-51(56)63(53)32-14-15-33-69/h9-13,16-29,34,36H,8,14-15,30-33,35,37-38H2,1-7H3,(H2-,60,61,65,66,69)/p+1. The molecule has 9 nitrogen and oxygen atoms in total. The average molecular weight is 964 g/mol. The molecule has 0 unspecified atom stereocenters. The number of methoxy groups -OCH3 is 1. The van der Waals surface area contributed by atoms with E-state index in [1.807, 2.05) is 37.3 Å². The largest absolute Gasteiger partial charge is 0.497 e. The number of amides is 2. The molecule has 3 heterocycles. The topological polar surface area (TPSA) is 87.8 Å². The zero-order chi connectivity index (χ0) is 48.9. The number of anilines is 1. The van der Waals surface area contributed by atoms with Gasteiger partial charge in [0.05, 0.1) is 30.9 Å². The van der Waals surface area contributed by atoms with Gasteiger partial charge in [-0.2, -0.15) is 17.2 Å². The Bertz CT molecular complexity index is 3020. The number of nitrogens with one attached hydrogen (secondary N) is 2. The predicted molar refractivity (Wildman–Crippen MR) is 287 cm³/mol. The number of fused-ring (bicyclic) bond motifs is 5. The smallest absolute Gasteiger partial charge is 0.224 e. The first-order chi connectivity index (χ1) is 33.3. The molecule has 5 aromatic carbocycles. The minimum Gasteiger partial charge on any atom is -0.497 e. The van der Waals surface area contributed by atoms with Crippen LogP contribution in [0.2, 0.25) is 5.02 Å². The van der Waals surface area contributed by atoms with E-state index in [1.54, 1.807) is 19.2 Å². The zero-order valence-corrected chi connectivity index (χ0v) is 42.6. The Morgan fingerprint density at radius 1 is 0.812 bits per heavy atom. The van der Waals surface area contributed by atoms with Gasteiger partial charge in [-0.25, -0.2) is 0 Å². The highest BCUT2D eigenvalue weighted by atomic mass is 35.5. The van der Waals surface area contributed by atoms with Crippen molar-refractivity contribution in [3.8, 4) is 11.5 Å². The van der Waals surface area contributed by atoms with Crippen LogP contribution in [0.5, 0.6) is 11.5 Å². The molecule has 1 aromatic heterocycles. The van der Waals surface area contributed by atoms with Crippen LogP contribution in [0.4, 0.5) is 11.4 Å². The van der Waals surface area contributed by atoms with Crippen molar-refractivity contribution in [2.45, 2.75) is 84.8 Å². The maximum absolute atomic E-state index is 13.3. The van der Waals surface area contributed by atoms with Crippen molar-refractivity contribution < 1.29 is 23.6 Å². The van der Waals surface area contributed by atoms with Crippen LogP contribution in [0.1, 0.15) is 75.4 Å². The molecule has 8 rings (SSSR count). The van der Waals surface area contributed by atoms with Crippen LogP contribution in [0.25, 0.3) is 21.7 Å². The highest BCUT2D eigenvalue weighted by Crippen LogP contribution is 2.48. The summed E-state index contributed by atoms with van der Waals surface area (Å²) in [5, 5.41) is 10.2. The average Bonchev–Trinajstić information content (AvgIpc) is 3.82. The van der Waals surface area contributed by atoms with Crippen LogP contribution < -0.4 is 25.0 Å². The third-order valence-corrected chi connectivity index (χ3v) is 14.4. The van der Waals surface area contributed by atoms with Gasteiger partial charge in [0.15, 0.2) is 12.4 Å². The molecule has 2 amide bonds. The highest BCUT2D eigenvalue weighted by Gasteiger charge is 2.45. The van der Waals surface area contributed by atoms with Gasteiger partial charge in [-0.1, -0.05) is 80.1 Å². The van der Waals surface area contributed by atoms with Crippen LogP contribution in [0, 0.1) is 6.92 Å². The third kappa shape index (κ3) is 10.2. The molecule has 0 aliphatic carbocycles. The van der Waals surface area contributed by atoms with Crippen LogP contribution >= 0.6 is 24.2 Å². The molecule has 2 N–H and O–H groups in total. The van der Waals surface area contributed by atoms with Crippen LogP contribution in [-0.2, 0) is 40.0 Å². The van der Waals surface area contributed by atoms with E-state index in [0.29, 0.717) is 29.6 Å². The lowest BCUT2D eigenvalue weighted by Gasteiger charge is -2.25. The lowest BCUT2D eigenvalue weighted by molar-refractivity contribution is -0.438. The SMILES string of the molecule is CCN1/C(=C/C=C/C=C/C2=[N+](CCCCS)c3ccc4ccccc4c3C2(C)C)C(C)(C)c2cc(CC(=O)NCCNC(=O)Cc3c(C)n(COc4ccc(Cl)cc4)c4ccc(OC)cc34)ccc21. The van der Waals surface area contributed by atoms with E-state index in [1.165, 1.54) is 44.7 Å². The summed E-state index contributed by atoms with van der Waals surface area (Å²) >= 11 is 10.6. The van der Waals surface area contributed by atoms with Gasteiger partial charge >= 0.3 is 0 Å². The van der Waals surface area contributed by atoms with Gasteiger partial charge in [0.1, 0.15) is 18.0 Å². The summed E-state index contributed by atoms with van der Waals surface area (Å²) < 4.78 is 16.2. The maximum atomic E-state index is 13.3. The number of benzene rings is 5. The second-order valence-electron chi connectivity index (χ2n) is 18.9. The summed E-state index contributed by atoms with van der Waals surface area (Å²) in [4.78, 5) is 29.0. The summed E-state index contributed by atoms with van der Waals surface area (Å²) in [6.45, 7) is 16.1. The fourth-order valence-corrected chi connectivity index (χ4v) is 10.6. The molecule has 0 radical (unpaired) electrons. The van der Waals surface area contributed by atoms with Crippen LogP contribution in [0.15, 0.2) is 133 Å². The summed E-state index contributed by atoms with van der Waals surface area (Å²) in [6.07, 6.45) is 13.6. The molecule has 2 aliphatic heterocycles. The molecule has 0 saturated carbocycles. The molecule has 0 spiro atoms. The van der Waals surface area contributed by atoms with Gasteiger partial charge < -0.3 is 29.6 Å². The minimum absolute atomic E-state index is 0.0931. The Kier molecular flexibility index (Phi) is 15.1. The molecular weight excluding hydrogens is 898 g/mol.